The van der Waals surface area contributed by atoms with E-state index < -0.39 is 77.9 Å². The van der Waals surface area contributed by atoms with Crippen molar-refractivity contribution in [3.05, 3.63) is 47.6 Å². The van der Waals surface area contributed by atoms with Gasteiger partial charge in [-0.25, -0.2) is 4.79 Å². The van der Waals surface area contributed by atoms with Crippen LogP contribution in [0.1, 0.15) is 126 Å². The van der Waals surface area contributed by atoms with Crippen LogP contribution in [0.25, 0.3) is 0 Å². The summed E-state index contributed by atoms with van der Waals surface area (Å²) < 4.78 is 36.0. The molecule has 374 valence electrons. The molecule has 3 heterocycles. The van der Waals surface area contributed by atoms with E-state index in [0.717, 1.165) is 31.3 Å². The highest BCUT2D eigenvalue weighted by atomic mass is 16.6. The first-order valence-electron chi connectivity index (χ1n) is 24.5. The molecule has 2 saturated heterocycles. The molecule has 0 radical (unpaired) electrons. The molecule has 2 bridgehead atoms. The minimum atomic E-state index is -2.39. The first kappa shape index (κ1) is 55.5. The van der Waals surface area contributed by atoms with E-state index in [1.807, 2.05) is 64.2 Å². The fourth-order valence-electron chi connectivity index (χ4n) is 10.6. The maximum Gasteiger partial charge on any atom is 0.329 e. The summed E-state index contributed by atoms with van der Waals surface area (Å²) in [5.74, 6) is -6.47. The molecule has 1 saturated carbocycles. The summed E-state index contributed by atoms with van der Waals surface area (Å²) >= 11 is 0. The van der Waals surface area contributed by atoms with Crippen molar-refractivity contribution in [2.45, 2.75) is 186 Å². The Balaban J connectivity index is 1.72. The lowest BCUT2D eigenvalue weighted by Crippen LogP contribution is -2.61. The number of aliphatic hydroxyl groups excluding tert-OH is 1. The Bertz CT molecular complexity index is 1730. The summed E-state index contributed by atoms with van der Waals surface area (Å²) in [5, 5.41) is 23.6. The average Bonchev–Trinajstić information content (AvgIpc) is 3.30. The van der Waals surface area contributed by atoms with Crippen LogP contribution < -0.4 is 5.73 Å². The number of piperidine rings is 1. The van der Waals surface area contributed by atoms with Gasteiger partial charge in [0.1, 0.15) is 24.4 Å². The lowest BCUT2D eigenvalue weighted by molar-refractivity contribution is -0.265. The predicted octanol–water partition coefficient (Wildman–Crippen LogP) is 6.59. The number of esters is 1. The second-order valence-corrected chi connectivity index (χ2v) is 20.1. The molecule has 0 aromatic rings. The van der Waals surface area contributed by atoms with Crippen molar-refractivity contribution < 1.29 is 57.8 Å². The van der Waals surface area contributed by atoms with Crippen LogP contribution in [-0.4, -0.2) is 134 Å². The lowest BCUT2D eigenvalue weighted by Gasteiger charge is -2.43. The van der Waals surface area contributed by atoms with Crippen LogP contribution in [0.4, 0.5) is 0 Å². The van der Waals surface area contributed by atoms with E-state index in [2.05, 4.69) is 6.92 Å². The van der Waals surface area contributed by atoms with Crippen molar-refractivity contribution >= 4 is 23.4 Å². The number of aliphatic hydroxyl groups is 2. The minimum absolute atomic E-state index is 0.0505. The third-order valence-electron chi connectivity index (χ3n) is 15.0. The lowest BCUT2D eigenvalue weighted by atomic mass is 9.77. The number of nitrogens with two attached hydrogens (primary N) is 1. The number of ether oxygens (including phenoxy) is 6. The van der Waals surface area contributed by atoms with Gasteiger partial charge in [0.2, 0.25) is 5.79 Å². The number of ketones is 2. The molecular formula is C52H84N2O12. The van der Waals surface area contributed by atoms with Gasteiger partial charge < -0.3 is 49.3 Å². The van der Waals surface area contributed by atoms with E-state index in [0.29, 0.717) is 50.5 Å². The maximum absolute atomic E-state index is 14.5. The number of rotatable bonds is 7. The van der Waals surface area contributed by atoms with Crippen LogP contribution in [0.3, 0.4) is 0 Å². The van der Waals surface area contributed by atoms with Crippen molar-refractivity contribution in [1.82, 2.24) is 4.90 Å². The number of nitrogens with zero attached hydrogens (tertiary/aromatic N) is 1. The third-order valence-corrected chi connectivity index (χ3v) is 15.0. The topological polar surface area (TPSA) is 193 Å². The fourth-order valence-corrected chi connectivity index (χ4v) is 10.6. The smallest absolute Gasteiger partial charge is 0.329 e. The molecule has 1 aliphatic carbocycles. The molecule has 3 aliphatic heterocycles. The Hall–Kier alpha value is -3.08. The number of cyclic esters (lactones) is 1. The van der Waals surface area contributed by atoms with Crippen LogP contribution in [0.5, 0.6) is 0 Å². The molecule has 0 aromatic heterocycles. The number of fused-ring (bicyclic) bond motifs is 3. The Morgan fingerprint density at radius 1 is 0.833 bits per heavy atom. The number of carbonyl (C=O) groups is 4. The van der Waals surface area contributed by atoms with E-state index in [1.54, 1.807) is 35.2 Å². The van der Waals surface area contributed by atoms with Gasteiger partial charge in [-0.1, -0.05) is 71.1 Å². The van der Waals surface area contributed by atoms with Crippen LogP contribution in [0, 0.1) is 35.5 Å². The van der Waals surface area contributed by atoms with Gasteiger partial charge in [0.25, 0.3) is 11.7 Å². The van der Waals surface area contributed by atoms with Gasteiger partial charge in [-0.15, -0.1) is 0 Å². The monoisotopic (exact) mass is 929 g/mol. The summed E-state index contributed by atoms with van der Waals surface area (Å²) in [6, 6.07) is -1.10. The normalized spacial score (nSPS) is 41.1. The Morgan fingerprint density at radius 2 is 1.55 bits per heavy atom. The number of amides is 1. The number of methoxy groups -OCH3 is 4. The first-order valence-corrected chi connectivity index (χ1v) is 24.5. The van der Waals surface area contributed by atoms with Crippen LogP contribution >= 0.6 is 0 Å². The Morgan fingerprint density at radius 3 is 2.21 bits per heavy atom. The quantitative estimate of drug-likeness (QED) is 0.141. The van der Waals surface area contributed by atoms with Crippen molar-refractivity contribution in [2.24, 2.45) is 41.2 Å². The van der Waals surface area contributed by atoms with Gasteiger partial charge in [0.15, 0.2) is 5.78 Å². The highest BCUT2D eigenvalue weighted by Crippen LogP contribution is 2.38. The van der Waals surface area contributed by atoms with Crippen molar-refractivity contribution in [1.29, 1.82) is 0 Å². The van der Waals surface area contributed by atoms with Gasteiger partial charge >= 0.3 is 5.97 Å². The molecule has 4 rings (SSSR count). The first-order chi connectivity index (χ1) is 31.3. The molecule has 3 fully saturated rings. The van der Waals surface area contributed by atoms with Crippen molar-refractivity contribution in [3.63, 3.8) is 0 Å². The molecule has 0 aromatic carbocycles. The zero-order valence-corrected chi connectivity index (χ0v) is 41.8. The van der Waals surface area contributed by atoms with E-state index in [-0.39, 0.29) is 54.6 Å². The molecule has 0 unspecified atom stereocenters. The fraction of sp³-hybridized carbons (Fsp3) is 0.769. The average molecular weight is 929 g/mol. The number of Topliss-reactive ketones (excluding diaryl/α,β-unsaturated/α-hetero) is 2. The molecule has 16 atom stereocenters. The van der Waals surface area contributed by atoms with E-state index in [9.17, 15) is 29.4 Å². The maximum atomic E-state index is 14.5. The number of carbonyl (C=O) groups excluding carboxylic acids is 4. The van der Waals surface area contributed by atoms with Crippen LogP contribution in [0.15, 0.2) is 47.6 Å². The van der Waals surface area contributed by atoms with Crippen LogP contribution in [0.2, 0.25) is 0 Å². The van der Waals surface area contributed by atoms with E-state index in [4.69, 9.17) is 34.2 Å². The summed E-state index contributed by atoms with van der Waals surface area (Å²) in [4.78, 5) is 58.2. The summed E-state index contributed by atoms with van der Waals surface area (Å²) in [7, 11) is 6.30. The van der Waals surface area contributed by atoms with Crippen molar-refractivity contribution in [3.8, 4) is 0 Å². The standard InChI is InChI=1S/C52H84N2O12/c1-31-17-13-12-14-18-32(2)42(61-8)29-39-22-20-37(7)52(60,66-39)49(57)50(58)54-24-16-15-19-41(54)51(59)65-44(34(4)27-38-21-23-40(53)45(28-38)63-10)30-43(62-9)33(3)26-36(6)47(56)48(64-11)46(55)35(5)25-31/h12-14,17-18,26,31,33-35,37-45,47-48,56,60H,15-16,19-25,27-30,53H2,1-11H3/b14-12+,17-13+,32-18+,36-26+/t31-,33-,34-,35-,37-,38+,39+,40+,41+,42+,43-,44+,45-,47-,48+,52-/m1/s1. The molecule has 4 aliphatic rings. The Labute approximate surface area is 395 Å². The zero-order valence-electron chi connectivity index (χ0n) is 41.8. The molecular weight excluding hydrogens is 845 g/mol. The second kappa shape index (κ2) is 26.1. The third kappa shape index (κ3) is 14.5. The van der Waals surface area contributed by atoms with E-state index >= 15 is 0 Å². The largest absolute Gasteiger partial charge is 0.460 e. The van der Waals surface area contributed by atoms with Gasteiger partial charge in [0, 0.05) is 71.6 Å². The highest BCUT2D eigenvalue weighted by molar-refractivity contribution is 6.39. The summed E-state index contributed by atoms with van der Waals surface area (Å²) in [5.41, 5.74) is 7.83. The SMILES string of the molecule is CO[C@H]1C[C@@H]2CC[C@@H](C)[C@@](O)(O2)C(=O)C(=O)N2CCCC[C@H]2C(=O)O[C@H]([C@H](C)C[C@@H]2CC[C@H](N)[C@H](OC)C2)C[C@@H](OC)[C@H](C)/C=C(\C)[C@@H](O)[C@@H](OC)C(=O)[C@H](C)C[C@H](C)/C=C/C=C/C=C/1C. The van der Waals surface area contributed by atoms with Gasteiger partial charge in [0.05, 0.1) is 24.4 Å². The second-order valence-electron chi connectivity index (χ2n) is 20.1. The summed E-state index contributed by atoms with van der Waals surface area (Å²) in [6.45, 7) is 13.5. The molecule has 0 spiro atoms. The molecule has 66 heavy (non-hydrogen) atoms. The zero-order chi connectivity index (χ0) is 48.9. The number of allylic oxidation sites excluding steroid dienone is 5. The van der Waals surface area contributed by atoms with Crippen LogP contribution in [-0.2, 0) is 47.6 Å². The van der Waals surface area contributed by atoms with Gasteiger partial charge in [-0.2, -0.15) is 0 Å². The summed E-state index contributed by atoms with van der Waals surface area (Å²) in [6.07, 6.45) is 14.0. The Kier molecular flexibility index (Phi) is 21.9. The minimum Gasteiger partial charge on any atom is -0.460 e. The van der Waals surface area contributed by atoms with Gasteiger partial charge in [-0.3, -0.25) is 14.4 Å². The molecule has 14 heteroatoms. The number of hydrogen-bond acceptors (Lipinski definition) is 13. The van der Waals surface area contributed by atoms with Crippen molar-refractivity contribution in [2.75, 3.05) is 35.0 Å². The number of hydrogen-bond donors (Lipinski definition) is 3. The predicted molar refractivity (Wildman–Crippen MR) is 253 cm³/mol. The highest BCUT2D eigenvalue weighted by Gasteiger charge is 2.53. The molecule has 4 N–H and O–H groups in total. The van der Waals surface area contributed by atoms with E-state index in [1.165, 1.54) is 12.0 Å². The van der Waals surface area contributed by atoms with Gasteiger partial charge in [-0.05, 0) is 107 Å². The molecule has 14 nitrogen and oxygen atoms in total. The molecule has 1 amide bonds.